The number of halogens is 12. The number of alkyl halides is 12. The zero-order valence-electron chi connectivity index (χ0n) is 9.60. The van der Waals surface area contributed by atoms with Gasteiger partial charge in [-0.2, -0.15) is 43.9 Å². The third-order valence-corrected chi connectivity index (χ3v) is 2.47. The van der Waals surface area contributed by atoms with E-state index in [-0.39, 0.29) is 12.3 Å². The topological polar surface area (TPSA) is 70.0 Å². The second-order valence-electron chi connectivity index (χ2n) is 3.79. The summed E-state index contributed by atoms with van der Waals surface area (Å²) in [6.45, 7) is 0. The lowest BCUT2D eigenvalue weighted by atomic mass is 9.82. The quantitative estimate of drug-likeness (QED) is 0.645. The third-order valence-electron chi connectivity index (χ3n) is 2.47. The molecule has 0 atom stereocenters. The van der Waals surface area contributed by atoms with E-state index in [1.807, 2.05) is 0 Å². The van der Waals surface area contributed by atoms with Crippen LogP contribution < -0.4 is 12.3 Å². The van der Waals surface area contributed by atoms with Crippen molar-refractivity contribution < 1.29 is 52.7 Å². The van der Waals surface area contributed by atoms with Crippen LogP contribution in [0.1, 0.15) is 0 Å². The lowest BCUT2D eigenvalue weighted by Gasteiger charge is -2.45. The second-order valence-corrected chi connectivity index (χ2v) is 3.79. The van der Waals surface area contributed by atoms with Crippen molar-refractivity contribution >= 4 is 0 Å². The highest BCUT2D eigenvalue weighted by atomic mass is 19.4. The van der Waals surface area contributed by atoms with E-state index in [1.165, 1.54) is 0 Å². The Balaban J connectivity index is 0. The fraction of sp³-hybridized carbons (Fsp3) is 1.00. The summed E-state index contributed by atoms with van der Waals surface area (Å²) >= 11 is 0. The minimum Gasteiger partial charge on any atom is -0.344 e. The molecule has 6 N–H and O–H groups in total. The highest BCUT2D eigenvalue weighted by Crippen LogP contribution is 2.62. The Morgan fingerprint density at radius 2 is 0.619 bits per heavy atom. The highest BCUT2D eigenvalue weighted by Gasteiger charge is 2.91. The van der Waals surface area contributed by atoms with Gasteiger partial charge in [0.2, 0.25) is 12.3 Å². The van der Waals surface area contributed by atoms with E-state index in [1.54, 1.807) is 0 Å². The fourth-order valence-corrected chi connectivity index (χ4v) is 0.996. The largest absolute Gasteiger partial charge is 0.378 e. The molecule has 0 bridgehead atoms. The maximum Gasteiger partial charge on any atom is 0.378 e. The molecule has 0 amide bonds. The Hall–Kier alpha value is -0.920. The van der Waals surface area contributed by atoms with Crippen LogP contribution in [0.2, 0.25) is 0 Å². The molecule has 14 heteroatoms. The maximum absolute atomic E-state index is 11.6. The van der Waals surface area contributed by atoms with Crippen LogP contribution in [0.3, 0.4) is 0 Å². The first-order chi connectivity index (χ1) is 8.06. The molecule has 2 fully saturated rings. The van der Waals surface area contributed by atoms with Crippen molar-refractivity contribution in [3.8, 4) is 0 Å². The Kier molecular flexibility index (Phi) is 5.40. The van der Waals surface area contributed by atoms with Crippen LogP contribution in [0.5, 0.6) is 0 Å². The van der Waals surface area contributed by atoms with Gasteiger partial charge in [-0.25, -0.2) is 8.78 Å². The lowest BCUT2D eigenvalue weighted by molar-refractivity contribution is -0.432. The van der Waals surface area contributed by atoms with Gasteiger partial charge in [-0.3, -0.25) is 0 Å². The highest BCUT2D eigenvalue weighted by molar-refractivity contribution is 5.17. The minimum absolute atomic E-state index is 0. The zero-order chi connectivity index (χ0) is 15.7. The van der Waals surface area contributed by atoms with E-state index >= 15 is 0 Å². The normalized spacial score (nSPS) is 29.7. The van der Waals surface area contributed by atoms with Gasteiger partial charge in [0.25, 0.3) is 0 Å². The van der Waals surface area contributed by atoms with E-state index in [0.717, 1.165) is 0 Å². The van der Waals surface area contributed by atoms with E-state index in [9.17, 15) is 52.7 Å². The molecule has 2 aliphatic rings. The molecule has 0 unspecified atom stereocenters. The van der Waals surface area contributed by atoms with Gasteiger partial charge >= 0.3 is 29.6 Å². The monoisotopic (exact) mass is 348 g/mol. The summed E-state index contributed by atoms with van der Waals surface area (Å²) in [7, 11) is 0. The first-order valence-corrected chi connectivity index (χ1v) is 4.23. The van der Waals surface area contributed by atoms with Gasteiger partial charge in [0.15, 0.2) is 0 Å². The van der Waals surface area contributed by atoms with Crippen LogP contribution in [0, 0.1) is 0 Å². The summed E-state index contributed by atoms with van der Waals surface area (Å²) in [5, 5.41) is 0. The summed E-state index contributed by atoms with van der Waals surface area (Å²) in [5.41, 5.74) is 0. The van der Waals surface area contributed by atoms with E-state index < -0.39 is 42.0 Å². The van der Waals surface area contributed by atoms with Crippen LogP contribution in [-0.2, 0) is 0 Å². The average Bonchev–Trinajstić information content (AvgIpc) is 2.59. The van der Waals surface area contributed by atoms with Crippen molar-refractivity contribution in [3.63, 3.8) is 0 Å². The fourth-order valence-electron chi connectivity index (χ4n) is 0.996. The lowest BCUT2D eigenvalue weighted by Crippen LogP contribution is -2.76. The predicted molar refractivity (Wildman–Crippen MR) is 44.6 cm³/mol. The number of hydrogen-bond acceptors (Lipinski definition) is 2. The Bertz CT molecular complexity index is 348. The van der Waals surface area contributed by atoms with Crippen LogP contribution in [0.4, 0.5) is 52.7 Å². The molecule has 0 aliphatic heterocycles. The van der Waals surface area contributed by atoms with Gasteiger partial charge in [0.1, 0.15) is 0 Å². The van der Waals surface area contributed by atoms with Gasteiger partial charge in [0, 0.05) is 0 Å². The molecular weight excluding hydrogens is 340 g/mol. The molecule has 2 rings (SSSR count). The van der Waals surface area contributed by atoms with Gasteiger partial charge in [-0.1, -0.05) is 0 Å². The third kappa shape index (κ3) is 2.41. The second kappa shape index (κ2) is 5.07. The molecule has 0 aromatic rings. The van der Waals surface area contributed by atoms with Crippen molar-refractivity contribution in [1.29, 1.82) is 0 Å². The molecule has 2 nitrogen and oxygen atoms in total. The number of rotatable bonds is 0. The van der Waals surface area contributed by atoms with Gasteiger partial charge in [0.05, 0.1) is 0 Å². The van der Waals surface area contributed by atoms with E-state index in [4.69, 9.17) is 0 Å². The molecule has 2 saturated carbocycles. The van der Waals surface area contributed by atoms with Gasteiger partial charge < -0.3 is 12.3 Å². The number of hydrogen-bond donors (Lipinski definition) is 2. The maximum atomic E-state index is 11.6. The minimum atomic E-state index is -5.56. The zero-order valence-corrected chi connectivity index (χ0v) is 9.60. The van der Waals surface area contributed by atoms with E-state index in [2.05, 4.69) is 0 Å². The first kappa shape index (κ1) is 22.4. The summed E-state index contributed by atoms with van der Waals surface area (Å²) < 4.78 is 137. The summed E-state index contributed by atoms with van der Waals surface area (Å²) in [6, 6.07) is 0. The molecule has 21 heavy (non-hydrogen) atoms. The Morgan fingerprint density at radius 1 is 0.429 bits per heavy atom. The standard InChI is InChI=1S/C4HF7.C3HF5.2H3N/c5-1-2(6,7)4(10,11)3(1,8)9;4-1-2(5,6)3(1,7)8;;/h1H;1H;2*1H3. The molecule has 2 aliphatic carbocycles. The van der Waals surface area contributed by atoms with Gasteiger partial charge in [-0.05, 0) is 0 Å². The Morgan fingerprint density at radius 3 is 0.667 bits per heavy atom. The molecule has 130 valence electrons. The van der Waals surface area contributed by atoms with Crippen molar-refractivity contribution in [3.05, 3.63) is 0 Å². The summed E-state index contributed by atoms with van der Waals surface area (Å²) in [4.78, 5) is 0. The summed E-state index contributed by atoms with van der Waals surface area (Å²) in [6.07, 6.45) is -7.33. The van der Waals surface area contributed by atoms with Crippen LogP contribution in [0.15, 0.2) is 0 Å². The predicted octanol–water partition coefficient (Wildman–Crippen LogP) is 4.18. The van der Waals surface area contributed by atoms with Crippen molar-refractivity contribution in [1.82, 2.24) is 12.3 Å². The molecular formula is C7H8F12N2. The SMILES string of the molecule is FC1C(F)(F)C(F)(F)C1(F)F.FC1C(F)(F)C1(F)F.N.N. The van der Waals surface area contributed by atoms with Crippen LogP contribution in [-0.4, -0.2) is 42.0 Å². The molecule has 0 radical (unpaired) electrons. The molecule has 0 aromatic carbocycles. The van der Waals surface area contributed by atoms with Crippen molar-refractivity contribution in [2.45, 2.75) is 42.0 Å². The van der Waals surface area contributed by atoms with Crippen molar-refractivity contribution in [2.75, 3.05) is 0 Å². The first-order valence-electron chi connectivity index (χ1n) is 4.23. The molecule has 0 aromatic heterocycles. The van der Waals surface area contributed by atoms with Gasteiger partial charge in [-0.15, -0.1) is 0 Å². The van der Waals surface area contributed by atoms with Crippen molar-refractivity contribution in [2.24, 2.45) is 0 Å². The smallest absolute Gasteiger partial charge is 0.344 e. The summed E-state index contributed by atoms with van der Waals surface area (Å²) in [5.74, 6) is -24.8. The molecule has 0 saturated heterocycles. The average molecular weight is 348 g/mol. The van der Waals surface area contributed by atoms with Crippen LogP contribution >= 0.6 is 0 Å². The Labute approximate surface area is 108 Å². The molecule has 0 spiro atoms. The molecule has 0 heterocycles. The van der Waals surface area contributed by atoms with Crippen LogP contribution in [0.25, 0.3) is 0 Å². The van der Waals surface area contributed by atoms with E-state index in [0.29, 0.717) is 0 Å².